The number of hydrogen-bond donors (Lipinski definition) is 0. The zero-order chi connectivity index (χ0) is 17.3. The second kappa shape index (κ2) is 12.2. The first kappa shape index (κ1) is 26.1. The zero-order valence-electron chi connectivity index (χ0n) is 15.6. The van der Waals surface area contributed by atoms with E-state index in [9.17, 15) is 0 Å². The average molecular weight is 601 g/mol. The van der Waals surface area contributed by atoms with Crippen molar-refractivity contribution < 1.29 is 4.74 Å². The molecule has 0 amide bonds. The molecule has 0 saturated carbocycles. The van der Waals surface area contributed by atoms with Crippen LogP contribution in [0.4, 0.5) is 0 Å². The van der Waals surface area contributed by atoms with Crippen molar-refractivity contribution in [2.75, 3.05) is 13.2 Å². The molecule has 1 aliphatic heterocycles. The third kappa shape index (κ3) is 14.8. The first-order valence-corrected chi connectivity index (χ1v) is 31.1. The number of rotatable bonds is 3. The minimum Gasteiger partial charge on any atom is -0.381 e. The molecule has 0 aromatic heterocycles. The lowest BCUT2D eigenvalue weighted by molar-refractivity contribution is 0.198. The highest BCUT2D eigenvalue weighted by molar-refractivity contribution is 14.3. The van der Waals surface area contributed by atoms with Gasteiger partial charge in [-0.05, 0) is 12.8 Å². The average Bonchev–Trinajstić information content (AvgIpc) is 2.66. The molecule has 2 radical (unpaired) electrons. The smallest absolute Gasteiger partial charge is 0.381 e. The topological polar surface area (TPSA) is 9.23 Å². The Kier molecular flexibility index (Phi) is 15.2. The summed E-state index contributed by atoms with van der Waals surface area (Å²) in [7, 11) is -1.78. The van der Waals surface area contributed by atoms with Gasteiger partial charge in [-0.1, -0.05) is 58.9 Å². The van der Waals surface area contributed by atoms with Gasteiger partial charge in [-0.3, -0.25) is 0 Å². The van der Waals surface area contributed by atoms with E-state index in [1.807, 2.05) is 0 Å². The van der Waals surface area contributed by atoms with Gasteiger partial charge in [0.2, 0.25) is 0 Å². The van der Waals surface area contributed by atoms with Crippen LogP contribution < -0.4 is 0 Å². The SMILES string of the molecule is C1CCOC1.C[Si](C)(C)[Si]([Si](C)(C)C)[Si](C)(C)C.[I][Al][I]. The van der Waals surface area contributed by atoms with Crippen LogP contribution in [0.25, 0.3) is 0 Å². The normalized spacial score (nSPS) is 15.8. The molecule has 1 fully saturated rings. The number of ether oxygens (including phenoxy) is 1. The van der Waals surface area contributed by atoms with E-state index in [4.69, 9.17) is 4.74 Å². The van der Waals surface area contributed by atoms with Crippen molar-refractivity contribution in [3.05, 3.63) is 0 Å². The Hall–Kier alpha value is 2.82. The van der Waals surface area contributed by atoms with Gasteiger partial charge in [0.1, 0.15) is 0 Å². The molecule has 1 nitrogen and oxygen atoms in total. The number of halogens is 2. The minimum atomic E-state index is -0.832. The first-order chi connectivity index (χ1) is 9.28. The van der Waals surface area contributed by atoms with E-state index in [1.165, 1.54) is 12.8 Å². The Balaban J connectivity index is 0. The van der Waals surface area contributed by atoms with Crippen molar-refractivity contribution >= 4 is 79.3 Å². The molecular formula is C13H35AlI2OSi4. The molecule has 1 rings (SSSR count). The lowest BCUT2D eigenvalue weighted by Gasteiger charge is -2.44. The van der Waals surface area contributed by atoms with Crippen LogP contribution in [0.1, 0.15) is 12.8 Å². The van der Waals surface area contributed by atoms with Crippen LogP contribution in [0, 0.1) is 0 Å². The van der Waals surface area contributed by atoms with Gasteiger partial charge in [0.15, 0.2) is 0 Å². The van der Waals surface area contributed by atoms with Crippen LogP contribution in [0.15, 0.2) is 0 Å². The lowest BCUT2D eigenvalue weighted by atomic mass is 10.4. The van der Waals surface area contributed by atoms with Crippen LogP contribution in [-0.2, 0) is 4.74 Å². The molecule has 0 atom stereocenters. The summed E-state index contributed by atoms with van der Waals surface area (Å²) in [6.45, 7) is 25.5. The molecule has 126 valence electrons. The standard InChI is InChI=1S/C9H27Si4.C4H8O.Al.2HI/c1-11(2,3)10(12(4,5)6)13(7,8)9;1-2-4-5-3-1;;;/h1-9H3;1-4H2;;2*1H/q;;+2;;/p-2. The van der Waals surface area contributed by atoms with Crippen molar-refractivity contribution in [3.8, 4) is 0 Å². The van der Waals surface area contributed by atoms with E-state index in [0.29, 0.717) is 8.65 Å². The summed E-state index contributed by atoms with van der Waals surface area (Å²) < 4.78 is 4.94. The summed E-state index contributed by atoms with van der Waals surface area (Å²) in [5, 5.41) is 0. The molecule has 0 bridgehead atoms. The summed E-state index contributed by atoms with van der Waals surface area (Å²) in [6, 6.07) is 0. The Morgan fingerprint density at radius 2 is 0.952 bits per heavy atom. The van der Waals surface area contributed by atoms with E-state index in [1.54, 1.807) is 0 Å². The zero-order valence-corrected chi connectivity index (χ0v) is 25.0. The fourth-order valence-corrected chi connectivity index (χ4v) is 91.6. The molecule has 1 saturated heterocycles. The van der Waals surface area contributed by atoms with Crippen molar-refractivity contribution in [3.63, 3.8) is 0 Å². The van der Waals surface area contributed by atoms with Crippen LogP contribution in [-0.4, -0.2) is 52.0 Å². The maximum absolute atomic E-state index is 4.94. The molecule has 0 N–H and O–H groups in total. The van der Waals surface area contributed by atoms with Crippen LogP contribution in [0.3, 0.4) is 0 Å². The molecule has 0 aromatic rings. The van der Waals surface area contributed by atoms with Crippen LogP contribution in [0.5, 0.6) is 0 Å². The van der Waals surface area contributed by atoms with Crippen molar-refractivity contribution in [1.82, 2.24) is 0 Å². The van der Waals surface area contributed by atoms with E-state index in [2.05, 4.69) is 99.5 Å². The quantitative estimate of drug-likeness (QED) is 0.289. The van der Waals surface area contributed by atoms with Crippen molar-refractivity contribution in [2.45, 2.75) is 71.8 Å². The molecule has 21 heavy (non-hydrogen) atoms. The Morgan fingerprint density at radius 1 is 0.714 bits per heavy atom. The van der Waals surface area contributed by atoms with Gasteiger partial charge in [0.05, 0.1) is 0 Å². The summed E-state index contributed by atoms with van der Waals surface area (Å²) in [5.74, 6) is 0. The van der Waals surface area contributed by atoms with E-state index >= 15 is 0 Å². The summed E-state index contributed by atoms with van der Waals surface area (Å²) in [5.41, 5.74) is 0. The third-order valence-electron chi connectivity index (χ3n) is 3.08. The molecule has 8 heteroatoms. The first-order valence-electron chi connectivity index (χ1n) is 7.76. The lowest BCUT2D eigenvalue weighted by Crippen LogP contribution is -2.70. The highest BCUT2D eigenvalue weighted by Gasteiger charge is 2.46. The molecule has 0 unspecified atom stereocenters. The monoisotopic (exact) mass is 600 g/mol. The minimum absolute atomic E-state index is 0.0255. The van der Waals surface area contributed by atoms with E-state index in [-0.39, 0.29) is 7.35 Å². The van der Waals surface area contributed by atoms with Gasteiger partial charge < -0.3 is 4.74 Å². The Morgan fingerprint density at radius 3 is 1.00 bits per heavy atom. The molecular weight excluding hydrogens is 565 g/mol. The largest absolute Gasteiger partial charge is 0.412 e. The maximum atomic E-state index is 4.94. The molecule has 1 aliphatic rings. The van der Waals surface area contributed by atoms with Gasteiger partial charge in [0, 0.05) is 43.3 Å². The second-order valence-corrected chi connectivity index (χ2v) is 56.3. The van der Waals surface area contributed by atoms with E-state index < -0.39 is 22.8 Å². The van der Waals surface area contributed by atoms with Crippen molar-refractivity contribution in [1.29, 1.82) is 0 Å². The van der Waals surface area contributed by atoms with Gasteiger partial charge in [-0.2, -0.15) is 0 Å². The predicted molar refractivity (Wildman–Crippen MR) is 130 cm³/mol. The second-order valence-electron chi connectivity index (χ2n) is 8.53. The molecule has 1 heterocycles. The highest BCUT2D eigenvalue weighted by Crippen LogP contribution is 2.25. The summed E-state index contributed by atoms with van der Waals surface area (Å²) in [4.78, 5) is 0. The summed E-state index contributed by atoms with van der Waals surface area (Å²) >= 11 is 4.72. The van der Waals surface area contributed by atoms with Crippen LogP contribution in [0.2, 0.25) is 58.9 Å². The van der Waals surface area contributed by atoms with Crippen LogP contribution >= 0.6 is 40.5 Å². The molecule has 0 aromatic carbocycles. The third-order valence-corrected chi connectivity index (χ3v) is 61.6. The van der Waals surface area contributed by atoms with Crippen molar-refractivity contribution in [2.24, 2.45) is 0 Å². The fraction of sp³-hybridized carbons (Fsp3) is 1.00. The van der Waals surface area contributed by atoms with Gasteiger partial charge in [-0.15, -0.1) is 0 Å². The van der Waals surface area contributed by atoms with Gasteiger partial charge >= 0.3 is 8.65 Å². The molecule has 0 spiro atoms. The molecule has 0 aliphatic carbocycles. The predicted octanol–water partition coefficient (Wildman–Crippen LogP) is 5.92. The van der Waals surface area contributed by atoms with Gasteiger partial charge in [-0.25, -0.2) is 40.5 Å². The highest BCUT2D eigenvalue weighted by atomic mass is 127. The van der Waals surface area contributed by atoms with Gasteiger partial charge in [0.25, 0.3) is 0 Å². The summed E-state index contributed by atoms with van der Waals surface area (Å²) in [6.07, 6.45) is 2.56. The maximum Gasteiger partial charge on any atom is 0.412 e. The Bertz CT molecular complexity index is 217. The fourth-order valence-electron chi connectivity index (χ4n) is 3.89. The Labute approximate surface area is 167 Å². The number of hydrogen-bond acceptors (Lipinski definition) is 1. The van der Waals surface area contributed by atoms with E-state index in [0.717, 1.165) is 13.2 Å².